The van der Waals surface area contributed by atoms with Gasteiger partial charge in [0, 0.05) is 12.4 Å². The van der Waals surface area contributed by atoms with Crippen molar-refractivity contribution in [3.8, 4) is 0 Å². The number of amides is 1. The monoisotopic (exact) mass is 429 g/mol. The maximum absolute atomic E-state index is 11.7. The maximum Gasteiger partial charge on any atom is 1.00 e. The molecule has 0 aromatic carbocycles. The molecule has 0 rings (SSSR count). The number of hydrogen-bond donors (Lipinski definition) is 1. The third kappa shape index (κ3) is 24.6. The largest absolute Gasteiger partial charge is 1.00 e. The van der Waals surface area contributed by atoms with Crippen molar-refractivity contribution < 1.29 is 83.7 Å². The molecule has 0 saturated heterocycles. The van der Waals surface area contributed by atoms with Crippen molar-refractivity contribution in [1.29, 1.82) is 0 Å². The zero-order chi connectivity index (χ0) is 20.3. The summed E-state index contributed by atoms with van der Waals surface area (Å²) in [5.74, 6) is -3.17. The Labute approximate surface area is 220 Å². The number of carboxylic acids is 2. The molecule has 1 atom stereocenters. The smallest absolute Gasteiger partial charge is 0.550 e. The van der Waals surface area contributed by atoms with Crippen molar-refractivity contribution in [1.82, 2.24) is 5.32 Å². The summed E-state index contributed by atoms with van der Waals surface area (Å²) in [4.78, 5) is 33.0. The van der Waals surface area contributed by atoms with Crippen molar-refractivity contribution in [3.63, 3.8) is 0 Å². The Kier molecular flexibility index (Phi) is 29.0. The Morgan fingerprint density at radius 3 is 1.48 bits per heavy atom. The number of nitrogens with one attached hydrogen (secondary N) is 1. The first-order valence-electron chi connectivity index (χ1n) is 10.7. The van der Waals surface area contributed by atoms with Crippen LogP contribution in [0.1, 0.15) is 110 Å². The maximum atomic E-state index is 11.7. The average molecular weight is 430 g/mol. The molecule has 8 heteroatoms. The molecule has 0 fully saturated rings. The van der Waals surface area contributed by atoms with Gasteiger partial charge in [0.1, 0.15) is 0 Å². The molecule has 0 saturated carbocycles. The molecule has 158 valence electrons. The second kappa shape index (κ2) is 24.7. The second-order valence-electron chi connectivity index (χ2n) is 7.34. The van der Waals surface area contributed by atoms with Gasteiger partial charge in [-0.2, -0.15) is 0 Å². The first kappa shape index (κ1) is 34.0. The number of carboxylic acid groups (broad SMARTS) is 2. The molecular weight excluding hydrogens is 392 g/mol. The van der Waals surface area contributed by atoms with Gasteiger partial charge in [-0.05, 0) is 19.3 Å². The molecule has 0 aromatic rings. The van der Waals surface area contributed by atoms with E-state index >= 15 is 0 Å². The second-order valence-corrected chi connectivity index (χ2v) is 7.34. The minimum atomic E-state index is -1.46. The molecule has 0 radical (unpaired) electrons. The van der Waals surface area contributed by atoms with E-state index < -0.39 is 24.4 Å². The zero-order valence-corrected chi connectivity index (χ0v) is 22.9. The summed E-state index contributed by atoms with van der Waals surface area (Å²) in [7, 11) is 0. The molecule has 0 aliphatic carbocycles. The molecule has 0 unspecified atom stereocenters. The van der Waals surface area contributed by atoms with Crippen molar-refractivity contribution in [2.45, 2.75) is 116 Å². The molecule has 0 spiro atoms. The molecule has 1 amide bonds. The van der Waals surface area contributed by atoms with Gasteiger partial charge in [0.15, 0.2) is 0 Å². The summed E-state index contributed by atoms with van der Waals surface area (Å²) in [6.45, 7) is 2.23. The Morgan fingerprint density at radius 1 is 0.690 bits per heavy atom. The molecule has 29 heavy (non-hydrogen) atoms. The first-order chi connectivity index (χ1) is 13.0. The van der Waals surface area contributed by atoms with Crippen LogP contribution >= 0.6 is 0 Å². The zero-order valence-electron chi connectivity index (χ0n) is 18.9. The normalized spacial score (nSPS) is 11.1. The first-order valence-corrected chi connectivity index (χ1v) is 10.7. The van der Waals surface area contributed by atoms with E-state index in [9.17, 15) is 24.6 Å². The Morgan fingerprint density at radius 2 is 1.10 bits per heavy atom. The van der Waals surface area contributed by atoms with Gasteiger partial charge in [0.25, 0.3) is 0 Å². The molecule has 0 aliphatic heterocycles. The molecule has 6 nitrogen and oxygen atoms in total. The molecule has 1 N–H and O–H groups in total. The Hall–Kier alpha value is 0.410. The van der Waals surface area contributed by atoms with Gasteiger partial charge < -0.3 is 25.1 Å². The van der Waals surface area contributed by atoms with Gasteiger partial charge in [-0.3, -0.25) is 4.79 Å². The Balaban J connectivity index is -0.00000338. The molecular formula is C21H37NNa2O5. The number of aliphatic carboxylic acids is 2. The molecule has 0 bridgehead atoms. The van der Waals surface area contributed by atoms with E-state index in [-0.39, 0.29) is 77.9 Å². The van der Waals surface area contributed by atoms with Crippen LogP contribution in [0.4, 0.5) is 0 Å². The van der Waals surface area contributed by atoms with Gasteiger partial charge in [-0.15, -0.1) is 0 Å². The van der Waals surface area contributed by atoms with E-state index in [1.54, 1.807) is 0 Å². The number of carbonyl (C=O) groups excluding carboxylic acids is 3. The van der Waals surface area contributed by atoms with Crippen LogP contribution in [0.3, 0.4) is 0 Å². The summed E-state index contributed by atoms with van der Waals surface area (Å²) in [5.41, 5.74) is 0. The molecule has 0 aromatic heterocycles. The minimum absolute atomic E-state index is 0. The molecule has 0 aliphatic rings. The SMILES string of the molecule is CCCCCCCCCCCCCCCC(=O)N[C@H](CCC(=O)[O-])C(=O)[O-].[Na+].[Na+]. The fourth-order valence-corrected chi connectivity index (χ4v) is 3.08. The van der Waals surface area contributed by atoms with E-state index in [1.807, 2.05) is 0 Å². The van der Waals surface area contributed by atoms with Crippen LogP contribution in [-0.2, 0) is 14.4 Å². The summed E-state index contributed by atoms with van der Waals surface area (Å²) in [5, 5.41) is 23.6. The van der Waals surface area contributed by atoms with Gasteiger partial charge in [-0.1, -0.05) is 84.0 Å². The standard InChI is InChI=1S/C21H39NO5.2Na/c1-2-3-4-5-6-7-8-9-10-11-12-13-14-15-19(23)22-18(21(26)27)16-17-20(24)25;;/h18H,2-17H2,1H3,(H,22,23)(H,24,25)(H,26,27);;/q;2*+1/p-2/t18-;;/m1../s1. The third-order valence-corrected chi connectivity index (χ3v) is 4.76. The average Bonchev–Trinajstić information content (AvgIpc) is 2.62. The van der Waals surface area contributed by atoms with Crippen molar-refractivity contribution in [2.24, 2.45) is 0 Å². The fourth-order valence-electron chi connectivity index (χ4n) is 3.08. The van der Waals surface area contributed by atoms with Gasteiger partial charge in [0.2, 0.25) is 5.91 Å². The topological polar surface area (TPSA) is 109 Å². The third-order valence-electron chi connectivity index (χ3n) is 4.76. The van der Waals surface area contributed by atoms with Crippen molar-refractivity contribution in [3.05, 3.63) is 0 Å². The van der Waals surface area contributed by atoms with Crippen LogP contribution in [0.5, 0.6) is 0 Å². The summed E-state index contributed by atoms with van der Waals surface area (Å²) in [6, 6.07) is -1.27. The van der Waals surface area contributed by atoms with Crippen molar-refractivity contribution >= 4 is 17.8 Å². The summed E-state index contributed by atoms with van der Waals surface area (Å²) < 4.78 is 0. The number of carbonyl (C=O) groups is 3. The number of unbranched alkanes of at least 4 members (excludes halogenated alkanes) is 12. The van der Waals surface area contributed by atoms with Gasteiger partial charge in [-0.25, -0.2) is 0 Å². The predicted molar refractivity (Wildman–Crippen MR) is 101 cm³/mol. The summed E-state index contributed by atoms with van der Waals surface area (Å²) in [6.07, 6.45) is 15.4. The van der Waals surface area contributed by atoms with E-state index in [1.165, 1.54) is 64.2 Å². The summed E-state index contributed by atoms with van der Waals surface area (Å²) >= 11 is 0. The van der Waals surface area contributed by atoms with Gasteiger partial charge >= 0.3 is 59.1 Å². The van der Waals surface area contributed by atoms with E-state index in [4.69, 9.17) is 0 Å². The number of rotatable bonds is 19. The minimum Gasteiger partial charge on any atom is -0.550 e. The fraction of sp³-hybridized carbons (Fsp3) is 0.857. The Bertz CT molecular complexity index is 422. The molecule has 0 heterocycles. The predicted octanol–water partition coefficient (Wildman–Crippen LogP) is -3.76. The van der Waals surface area contributed by atoms with Crippen LogP contribution < -0.4 is 74.6 Å². The van der Waals surface area contributed by atoms with Crippen molar-refractivity contribution in [2.75, 3.05) is 0 Å². The van der Waals surface area contributed by atoms with Gasteiger partial charge in [0.05, 0.1) is 12.0 Å². The van der Waals surface area contributed by atoms with Crippen LogP contribution in [-0.4, -0.2) is 23.9 Å². The van der Waals surface area contributed by atoms with E-state index in [0.29, 0.717) is 6.42 Å². The van der Waals surface area contributed by atoms with Crippen LogP contribution in [0.2, 0.25) is 0 Å². The van der Waals surface area contributed by atoms with E-state index in [0.717, 1.165) is 12.8 Å². The van der Waals surface area contributed by atoms with E-state index in [2.05, 4.69) is 12.2 Å². The quantitative estimate of drug-likeness (QED) is 0.168. The number of hydrogen-bond acceptors (Lipinski definition) is 5. The van der Waals surface area contributed by atoms with Crippen LogP contribution in [0.25, 0.3) is 0 Å². The van der Waals surface area contributed by atoms with Crippen LogP contribution in [0.15, 0.2) is 0 Å². The van der Waals surface area contributed by atoms with Crippen LogP contribution in [0, 0.1) is 0 Å².